The van der Waals surface area contributed by atoms with Crippen molar-refractivity contribution in [1.82, 2.24) is 14.7 Å². The van der Waals surface area contributed by atoms with E-state index in [1.54, 1.807) is 0 Å². The summed E-state index contributed by atoms with van der Waals surface area (Å²) in [5, 5.41) is 0. The molecule has 1 unspecified atom stereocenters. The third-order valence-electron chi connectivity index (χ3n) is 5.03. The average molecular weight is 273 g/mol. The van der Waals surface area contributed by atoms with Gasteiger partial charge in [-0.05, 0) is 31.4 Å². The van der Waals surface area contributed by atoms with Crippen LogP contribution in [0.1, 0.15) is 12.8 Å². The van der Waals surface area contributed by atoms with E-state index in [4.69, 9.17) is 4.74 Å². The van der Waals surface area contributed by atoms with Crippen LogP contribution in [-0.2, 0) is 4.74 Å². The predicted octanol–water partition coefficient (Wildman–Crippen LogP) is 1.60. The number of fused-ring (bicyclic) bond motifs is 3. The van der Waals surface area contributed by atoms with Gasteiger partial charge in [-0.2, -0.15) is 0 Å². The van der Waals surface area contributed by atoms with E-state index in [1.165, 1.54) is 43.7 Å². The first-order valence-corrected chi connectivity index (χ1v) is 7.64. The van der Waals surface area contributed by atoms with Crippen molar-refractivity contribution in [2.24, 2.45) is 5.92 Å². The van der Waals surface area contributed by atoms with Crippen molar-refractivity contribution < 1.29 is 4.74 Å². The molecule has 108 valence electrons. The zero-order valence-corrected chi connectivity index (χ0v) is 12.4. The van der Waals surface area contributed by atoms with Gasteiger partial charge >= 0.3 is 0 Å². The molecule has 3 atom stereocenters. The van der Waals surface area contributed by atoms with Gasteiger partial charge in [0.15, 0.2) is 0 Å². The molecule has 0 spiro atoms. The number of nitrogens with zero attached hydrogens (tertiary/aromatic N) is 3. The summed E-state index contributed by atoms with van der Waals surface area (Å²) in [6.07, 6.45) is 9.39. The van der Waals surface area contributed by atoms with Crippen LogP contribution in [0.3, 0.4) is 0 Å². The molecule has 4 heteroatoms. The Morgan fingerprint density at radius 3 is 3.00 bits per heavy atom. The molecule has 0 aromatic heterocycles. The van der Waals surface area contributed by atoms with Gasteiger partial charge in [0, 0.05) is 51.2 Å². The van der Waals surface area contributed by atoms with Crippen LogP contribution in [0.5, 0.6) is 0 Å². The second kappa shape index (κ2) is 4.55. The van der Waals surface area contributed by atoms with Crippen molar-refractivity contribution in [3.63, 3.8) is 0 Å². The molecule has 0 radical (unpaired) electrons. The van der Waals surface area contributed by atoms with E-state index in [1.807, 2.05) is 0 Å². The Morgan fingerprint density at radius 2 is 2.20 bits per heavy atom. The lowest BCUT2D eigenvalue weighted by Gasteiger charge is -2.37. The highest BCUT2D eigenvalue weighted by molar-refractivity contribution is 5.45. The second-order valence-electron chi connectivity index (χ2n) is 6.60. The van der Waals surface area contributed by atoms with Gasteiger partial charge in [0.05, 0.1) is 5.70 Å². The van der Waals surface area contributed by atoms with Gasteiger partial charge in [-0.15, -0.1) is 0 Å². The Hall–Kier alpha value is -1.42. The summed E-state index contributed by atoms with van der Waals surface area (Å²) in [4.78, 5) is 7.14. The molecule has 0 aromatic carbocycles. The maximum Gasteiger partial charge on any atom is 0.145 e. The Balaban J connectivity index is 1.55. The minimum absolute atomic E-state index is 0.619. The van der Waals surface area contributed by atoms with E-state index in [-0.39, 0.29) is 0 Å². The molecule has 4 nitrogen and oxygen atoms in total. The largest absolute Gasteiger partial charge is 0.485 e. The molecule has 4 aliphatic rings. The number of likely N-dealkylation sites (N-methyl/N-ethyl adjacent to an activating group) is 1. The highest BCUT2D eigenvalue weighted by Gasteiger charge is 2.35. The molecule has 0 N–H and O–H groups in total. The van der Waals surface area contributed by atoms with Crippen LogP contribution < -0.4 is 0 Å². The van der Waals surface area contributed by atoms with Gasteiger partial charge in [-0.1, -0.05) is 0 Å². The lowest BCUT2D eigenvalue weighted by Crippen LogP contribution is -2.43. The molecule has 4 heterocycles. The SMILES string of the molecule is CN(C)C1=C2C=CN([C@@H]3C[C@H]4CCN(C4)C3)C=C2OC1. The topological polar surface area (TPSA) is 19.0 Å². The van der Waals surface area contributed by atoms with E-state index >= 15 is 0 Å². The first-order valence-electron chi connectivity index (χ1n) is 7.64. The summed E-state index contributed by atoms with van der Waals surface area (Å²) in [6, 6.07) is 0.619. The quantitative estimate of drug-likeness (QED) is 0.760. The molecule has 20 heavy (non-hydrogen) atoms. The van der Waals surface area contributed by atoms with Crippen molar-refractivity contribution in [3.8, 4) is 0 Å². The van der Waals surface area contributed by atoms with Crippen molar-refractivity contribution in [1.29, 1.82) is 0 Å². The zero-order chi connectivity index (χ0) is 13.7. The van der Waals surface area contributed by atoms with Crippen molar-refractivity contribution in [2.45, 2.75) is 18.9 Å². The Kier molecular flexibility index (Phi) is 2.81. The number of allylic oxidation sites excluding steroid dienone is 1. The van der Waals surface area contributed by atoms with Gasteiger partial charge in [0.1, 0.15) is 12.4 Å². The van der Waals surface area contributed by atoms with Crippen molar-refractivity contribution >= 4 is 0 Å². The van der Waals surface area contributed by atoms with E-state index in [9.17, 15) is 0 Å². The Morgan fingerprint density at radius 1 is 1.30 bits per heavy atom. The highest BCUT2D eigenvalue weighted by atomic mass is 16.5. The molecule has 4 aliphatic heterocycles. The molecule has 0 aromatic rings. The second-order valence-corrected chi connectivity index (χ2v) is 6.60. The zero-order valence-electron chi connectivity index (χ0n) is 12.4. The lowest BCUT2D eigenvalue weighted by atomic mass is 9.95. The minimum atomic E-state index is 0.619. The number of rotatable bonds is 2. The maximum absolute atomic E-state index is 5.86. The fourth-order valence-electron chi connectivity index (χ4n) is 3.91. The smallest absolute Gasteiger partial charge is 0.145 e. The third-order valence-corrected chi connectivity index (χ3v) is 5.03. The molecular weight excluding hydrogens is 250 g/mol. The van der Waals surface area contributed by atoms with Crippen molar-refractivity contribution in [2.75, 3.05) is 40.3 Å². The highest BCUT2D eigenvalue weighted by Crippen LogP contribution is 2.34. The number of hydrogen-bond donors (Lipinski definition) is 0. The fraction of sp³-hybridized carbons (Fsp3) is 0.625. The summed E-state index contributed by atoms with van der Waals surface area (Å²) in [7, 11) is 4.17. The van der Waals surface area contributed by atoms with Crippen LogP contribution in [0.2, 0.25) is 0 Å². The van der Waals surface area contributed by atoms with E-state index < -0.39 is 0 Å². The molecule has 2 fully saturated rings. The summed E-state index contributed by atoms with van der Waals surface area (Å²) in [5.74, 6) is 1.95. The minimum Gasteiger partial charge on any atom is -0.485 e. The predicted molar refractivity (Wildman–Crippen MR) is 78.7 cm³/mol. The third kappa shape index (κ3) is 1.94. The van der Waals surface area contributed by atoms with Crippen LogP contribution in [0.4, 0.5) is 0 Å². The fourth-order valence-corrected chi connectivity index (χ4v) is 3.91. The molecule has 4 rings (SSSR count). The number of ether oxygens (including phenoxy) is 1. The summed E-state index contributed by atoms with van der Waals surface area (Å²) in [5.41, 5.74) is 2.53. The van der Waals surface area contributed by atoms with E-state index in [0.29, 0.717) is 12.6 Å². The first kappa shape index (κ1) is 12.3. The van der Waals surface area contributed by atoms with Crippen LogP contribution >= 0.6 is 0 Å². The van der Waals surface area contributed by atoms with Gasteiger partial charge in [-0.3, -0.25) is 0 Å². The molecule has 0 aliphatic carbocycles. The van der Waals surface area contributed by atoms with Gasteiger partial charge in [-0.25, -0.2) is 0 Å². The maximum atomic E-state index is 5.86. The van der Waals surface area contributed by atoms with Crippen LogP contribution in [-0.4, -0.2) is 61.1 Å². The summed E-state index contributed by atoms with van der Waals surface area (Å²) >= 11 is 0. The van der Waals surface area contributed by atoms with Crippen LogP contribution in [0.25, 0.3) is 0 Å². The van der Waals surface area contributed by atoms with E-state index in [0.717, 1.165) is 11.7 Å². The van der Waals surface area contributed by atoms with E-state index in [2.05, 4.69) is 47.3 Å². The van der Waals surface area contributed by atoms with Crippen molar-refractivity contribution in [3.05, 3.63) is 35.5 Å². The standard InChI is InChI=1S/C16H23N3O/c1-17(2)15-11-20-16-10-19(6-4-14(15)16)13-7-12-3-5-18(8-12)9-13/h4,6,10,12-13H,3,5,7-9,11H2,1-2H3/t12-,13-/m1/s1. The monoisotopic (exact) mass is 273 g/mol. The first-order chi connectivity index (χ1) is 9.70. The molecule has 2 saturated heterocycles. The van der Waals surface area contributed by atoms with Gasteiger partial charge in [0.2, 0.25) is 0 Å². The number of piperidine rings is 1. The normalized spacial score (nSPS) is 35.0. The number of hydrogen-bond acceptors (Lipinski definition) is 4. The van der Waals surface area contributed by atoms with Gasteiger partial charge in [0.25, 0.3) is 0 Å². The molecule has 0 amide bonds. The Bertz CT molecular complexity index is 494. The van der Waals surface area contributed by atoms with Crippen LogP contribution in [0, 0.1) is 5.92 Å². The summed E-state index contributed by atoms with van der Waals surface area (Å²) in [6.45, 7) is 4.51. The lowest BCUT2D eigenvalue weighted by molar-refractivity contribution is 0.166. The molecule has 0 saturated carbocycles. The molecule has 2 bridgehead atoms. The average Bonchev–Trinajstić information content (AvgIpc) is 3.01. The van der Waals surface area contributed by atoms with Gasteiger partial charge < -0.3 is 19.4 Å². The summed E-state index contributed by atoms with van der Waals surface area (Å²) < 4.78 is 5.86. The molecular formula is C16H23N3O. The Labute approximate surface area is 121 Å². The van der Waals surface area contributed by atoms with Crippen LogP contribution in [0.15, 0.2) is 35.5 Å².